The lowest BCUT2D eigenvalue weighted by Gasteiger charge is -2.19. The lowest BCUT2D eigenvalue weighted by molar-refractivity contribution is -0.127. The van der Waals surface area contributed by atoms with Crippen LogP contribution in [-0.4, -0.2) is 51.5 Å². The maximum absolute atomic E-state index is 14.0. The van der Waals surface area contributed by atoms with Crippen LogP contribution in [0.5, 0.6) is 0 Å². The maximum Gasteiger partial charge on any atom is 0.233 e. The van der Waals surface area contributed by atoms with E-state index in [9.17, 15) is 9.18 Å². The van der Waals surface area contributed by atoms with Crippen molar-refractivity contribution in [1.29, 1.82) is 0 Å². The van der Waals surface area contributed by atoms with Crippen molar-refractivity contribution in [3.05, 3.63) is 58.8 Å². The number of anilines is 1. The molecule has 4 rings (SSSR count). The van der Waals surface area contributed by atoms with Crippen molar-refractivity contribution in [3.63, 3.8) is 0 Å². The Hall–Kier alpha value is -2.52. The van der Waals surface area contributed by atoms with E-state index < -0.39 is 5.82 Å². The molecule has 1 amide bonds. The normalized spacial score (nSPS) is 13.7. The van der Waals surface area contributed by atoms with Crippen LogP contribution >= 0.6 is 23.4 Å². The topological polar surface area (TPSA) is 67.4 Å². The summed E-state index contributed by atoms with van der Waals surface area (Å²) in [7, 11) is 1.63. The fraction of sp³-hybridized carbons (Fsp3) is 0.381. The zero-order valence-corrected chi connectivity index (χ0v) is 18.7. The van der Waals surface area contributed by atoms with Crippen LogP contribution in [0.2, 0.25) is 5.02 Å². The van der Waals surface area contributed by atoms with Gasteiger partial charge in [-0.2, -0.15) is 0 Å². The van der Waals surface area contributed by atoms with Crippen LogP contribution in [0.3, 0.4) is 0 Å². The number of hydrogen-bond donors (Lipinski definition) is 0. The number of benzene rings is 1. The van der Waals surface area contributed by atoms with Gasteiger partial charge in [0.15, 0.2) is 5.16 Å². The molecule has 0 unspecified atom stereocenters. The lowest BCUT2D eigenvalue weighted by atomic mass is 10.2. The highest BCUT2D eigenvalue weighted by Crippen LogP contribution is 2.27. The van der Waals surface area contributed by atoms with Crippen molar-refractivity contribution < 1.29 is 13.6 Å². The average molecular weight is 464 g/mol. The smallest absolute Gasteiger partial charge is 0.233 e. The monoisotopic (exact) mass is 463 g/mol. The number of furan rings is 1. The van der Waals surface area contributed by atoms with Crippen molar-refractivity contribution in [2.24, 2.45) is 0 Å². The zero-order valence-electron chi connectivity index (χ0n) is 17.1. The molecule has 0 aliphatic carbocycles. The molecular formula is C21H23ClFN5O2S. The van der Waals surface area contributed by atoms with Crippen molar-refractivity contribution in [1.82, 2.24) is 19.7 Å². The van der Waals surface area contributed by atoms with E-state index in [1.807, 2.05) is 16.7 Å². The number of nitrogens with zero attached hydrogens (tertiary/aromatic N) is 5. The number of amides is 1. The summed E-state index contributed by atoms with van der Waals surface area (Å²) in [5.41, 5.74) is 0.308. The molecule has 2 aromatic heterocycles. The highest BCUT2D eigenvalue weighted by atomic mass is 35.5. The number of carbonyl (C=O) groups is 1. The number of rotatable bonds is 8. The van der Waals surface area contributed by atoms with Gasteiger partial charge in [-0.1, -0.05) is 29.4 Å². The zero-order chi connectivity index (χ0) is 21.8. The first-order valence-electron chi connectivity index (χ1n) is 10.0. The Balaban J connectivity index is 1.45. The highest BCUT2D eigenvalue weighted by Gasteiger charge is 2.23. The Morgan fingerprint density at radius 3 is 2.77 bits per heavy atom. The number of carbonyl (C=O) groups excluding carboxylic acids is 1. The Morgan fingerprint density at radius 1 is 1.26 bits per heavy atom. The van der Waals surface area contributed by atoms with Gasteiger partial charge in [-0.05, 0) is 37.1 Å². The van der Waals surface area contributed by atoms with Gasteiger partial charge in [0, 0.05) is 37.3 Å². The van der Waals surface area contributed by atoms with Crippen molar-refractivity contribution >= 4 is 35.2 Å². The fourth-order valence-corrected chi connectivity index (χ4v) is 4.58. The molecule has 164 valence electrons. The Kier molecular flexibility index (Phi) is 6.82. The molecule has 0 bridgehead atoms. The van der Waals surface area contributed by atoms with Gasteiger partial charge < -0.3 is 14.2 Å². The van der Waals surface area contributed by atoms with E-state index in [0.717, 1.165) is 37.6 Å². The summed E-state index contributed by atoms with van der Waals surface area (Å²) in [4.78, 5) is 16.4. The Labute approximate surface area is 189 Å². The second-order valence-corrected chi connectivity index (χ2v) is 8.73. The van der Waals surface area contributed by atoms with Gasteiger partial charge in [-0.15, -0.1) is 10.2 Å². The maximum atomic E-state index is 14.0. The van der Waals surface area contributed by atoms with Crippen LogP contribution in [-0.2, 0) is 17.9 Å². The molecule has 3 aromatic rings. The van der Waals surface area contributed by atoms with E-state index >= 15 is 0 Å². The minimum Gasteiger partial charge on any atom is -0.467 e. The molecule has 1 aliphatic rings. The largest absolute Gasteiger partial charge is 0.467 e. The molecule has 0 radical (unpaired) electrons. The number of halogens is 2. The first-order chi connectivity index (χ1) is 15.0. The Morgan fingerprint density at radius 2 is 2.06 bits per heavy atom. The molecule has 3 heterocycles. The van der Waals surface area contributed by atoms with E-state index in [2.05, 4.69) is 15.1 Å². The molecule has 0 saturated carbocycles. The highest BCUT2D eigenvalue weighted by molar-refractivity contribution is 7.99. The molecule has 1 aliphatic heterocycles. The molecule has 1 saturated heterocycles. The predicted molar refractivity (Wildman–Crippen MR) is 118 cm³/mol. The SMILES string of the molecule is CN(Cc1c(F)cccc1Cl)C(=O)CSc1nnc(N2CCCC2)n1Cc1ccco1. The standard InChI is InChI=1S/C21H23ClFN5O2S/c1-26(13-16-17(22)7-4-8-18(16)23)19(29)14-31-21-25-24-20(27-9-2-3-10-27)28(21)12-15-6-5-11-30-15/h4-8,11H,2-3,9-10,12-14H2,1H3. The summed E-state index contributed by atoms with van der Waals surface area (Å²) in [6.07, 6.45) is 3.88. The van der Waals surface area contributed by atoms with Crippen LogP contribution < -0.4 is 4.90 Å². The van der Waals surface area contributed by atoms with E-state index in [1.165, 1.54) is 22.7 Å². The third-order valence-corrected chi connectivity index (χ3v) is 6.49. The summed E-state index contributed by atoms with van der Waals surface area (Å²) in [6, 6.07) is 8.24. The molecule has 0 spiro atoms. The summed E-state index contributed by atoms with van der Waals surface area (Å²) in [6.45, 7) is 2.46. The van der Waals surface area contributed by atoms with E-state index in [-0.39, 0.29) is 18.2 Å². The second-order valence-electron chi connectivity index (χ2n) is 7.38. The van der Waals surface area contributed by atoms with Crippen LogP contribution in [0.1, 0.15) is 24.2 Å². The minimum absolute atomic E-state index is 0.100. The van der Waals surface area contributed by atoms with Crippen LogP contribution in [0.4, 0.5) is 10.3 Å². The summed E-state index contributed by atoms with van der Waals surface area (Å²) < 4.78 is 21.5. The van der Waals surface area contributed by atoms with E-state index in [1.54, 1.807) is 25.4 Å². The van der Waals surface area contributed by atoms with Crippen LogP contribution in [0, 0.1) is 5.82 Å². The summed E-state index contributed by atoms with van der Waals surface area (Å²) >= 11 is 7.39. The third-order valence-electron chi connectivity index (χ3n) is 5.19. The molecular weight excluding hydrogens is 441 g/mol. The molecule has 7 nitrogen and oxygen atoms in total. The number of aromatic nitrogens is 3. The lowest BCUT2D eigenvalue weighted by Crippen LogP contribution is -2.28. The van der Waals surface area contributed by atoms with Gasteiger partial charge in [0.05, 0.1) is 18.6 Å². The molecule has 1 fully saturated rings. The van der Waals surface area contributed by atoms with Crippen molar-refractivity contribution in [2.45, 2.75) is 31.1 Å². The first kappa shape index (κ1) is 21.7. The molecule has 31 heavy (non-hydrogen) atoms. The number of hydrogen-bond acceptors (Lipinski definition) is 6. The molecule has 1 aromatic carbocycles. The number of thioether (sulfide) groups is 1. The van der Waals surface area contributed by atoms with Crippen LogP contribution in [0.25, 0.3) is 0 Å². The molecule has 10 heteroatoms. The van der Waals surface area contributed by atoms with Gasteiger partial charge in [-0.25, -0.2) is 4.39 Å². The molecule has 0 atom stereocenters. The summed E-state index contributed by atoms with van der Waals surface area (Å²) in [5, 5.41) is 9.65. The third kappa shape index (κ3) is 5.04. The summed E-state index contributed by atoms with van der Waals surface area (Å²) in [5.74, 6) is 1.15. The first-order valence-corrected chi connectivity index (χ1v) is 11.4. The molecule has 0 N–H and O–H groups in total. The van der Waals surface area contributed by atoms with Gasteiger partial charge in [-0.3, -0.25) is 9.36 Å². The quantitative estimate of drug-likeness (QED) is 0.469. The fourth-order valence-electron chi connectivity index (χ4n) is 3.48. The minimum atomic E-state index is -0.423. The van der Waals surface area contributed by atoms with Gasteiger partial charge >= 0.3 is 0 Å². The van der Waals surface area contributed by atoms with Crippen LogP contribution in [0.15, 0.2) is 46.2 Å². The predicted octanol–water partition coefficient (Wildman–Crippen LogP) is 4.06. The van der Waals surface area contributed by atoms with Crippen molar-refractivity contribution in [3.8, 4) is 0 Å². The average Bonchev–Trinajstić information content (AvgIpc) is 3.51. The van der Waals surface area contributed by atoms with E-state index in [0.29, 0.717) is 22.3 Å². The van der Waals surface area contributed by atoms with E-state index in [4.69, 9.17) is 16.0 Å². The van der Waals surface area contributed by atoms with Gasteiger partial charge in [0.1, 0.15) is 11.6 Å². The second kappa shape index (κ2) is 9.74. The van der Waals surface area contributed by atoms with Gasteiger partial charge in [0.2, 0.25) is 11.9 Å². The van der Waals surface area contributed by atoms with Crippen molar-refractivity contribution in [2.75, 3.05) is 30.8 Å². The Bertz CT molecular complexity index is 1020. The van der Waals surface area contributed by atoms with Gasteiger partial charge in [0.25, 0.3) is 0 Å².